The van der Waals surface area contributed by atoms with Gasteiger partial charge in [0.05, 0.1) is 13.0 Å². The number of ether oxygens (including phenoxy) is 1. The zero-order chi connectivity index (χ0) is 16.1. The average Bonchev–Trinajstić information content (AvgIpc) is 2.98. The standard InChI is InChI=1S/C17H23NO4/c1-12(9-13-5-3-4-6-15(13)22-2)10-16(19)18-8-7-14(11-18)17(20)21/h3-6,12,14H,7-11H2,1-2H3,(H,20,21)/t12-,14-/m1/s1. The van der Waals surface area contributed by atoms with E-state index in [0.717, 1.165) is 17.7 Å². The van der Waals surface area contributed by atoms with Gasteiger partial charge in [-0.2, -0.15) is 0 Å². The average molecular weight is 305 g/mol. The minimum absolute atomic E-state index is 0.0474. The van der Waals surface area contributed by atoms with E-state index in [4.69, 9.17) is 9.84 Å². The van der Waals surface area contributed by atoms with Crippen LogP contribution in [0, 0.1) is 11.8 Å². The van der Waals surface area contributed by atoms with Gasteiger partial charge in [-0.25, -0.2) is 0 Å². The molecule has 120 valence electrons. The first kappa shape index (κ1) is 16.3. The number of carboxylic acids is 1. The second kappa shape index (κ2) is 7.29. The lowest BCUT2D eigenvalue weighted by Crippen LogP contribution is -2.31. The third-order valence-electron chi connectivity index (χ3n) is 4.17. The van der Waals surface area contributed by atoms with E-state index in [2.05, 4.69) is 0 Å². The summed E-state index contributed by atoms with van der Waals surface area (Å²) < 4.78 is 5.33. The topological polar surface area (TPSA) is 66.8 Å². The van der Waals surface area contributed by atoms with Crippen LogP contribution >= 0.6 is 0 Å². The minimum Gasteiger partial charge on any atom is -0.496 e. The first-order valence-corrected chi connectivity index (χ1v) is 7.63. The Bertz CT molecular complexity index is 543. The zero-order valence-corrected chi connectivity index (χ0v) is 13.1. The fourth-order valence-electron chi connectivity index (χ4n) is 2.93. The second-order valence-electron chi connectivity index (χ2n) is 5.99. The molecule has 2 atom stereocenters. The molecule has 0 aliphatic carbocycles. The minimum atomic E-state index is -0.808. The summed E-state index contributed by atoms with van der Waals surface area (Å²) in [5.41, 5.74) is 1.09. The normalized spacial score (nSPS) is 19.0. The fraction of sp³-hybridized carbons (Fsp3) is 0.529. The molecule has 22 heavy (non-hydrogen) atoms. The van der Waals surface area contributed by atoms with Gasteiger partial charge >= 0.3 is 5.97 Å². The lowest BCUT2D eigenvalue weighted by atomic mass is 9.97. The molecule has 1 aliphatic heterocycles. The van der Waals surface area contributed by atoms with Gasteiger partial charge in [-0.15, -0.1) is 0 Å². The first-order chi connectivity index (χ1) is 10.5. The molecular weight excluding hydrogens is 282 g/mol. The molecule has 1 aromatic rings. The summed E-state index contributed by atoms with van der Waals surface area (Å²) in [7, 11) is 1.64. The van der Waals surface area contributed by atoms with Gasteiger partial charge in [0.1, 0.15) is 5.75 Å². The highest BCUT2D eigenvalue weighted by Gasteiger charge is 2.31. The highest BCUT2D eigenvalue weighted by atomic mass is 16.5. The molecule has 1 saturated heterocycles. The summed E-state index contributed by atoms with van der Waals surface area (Å²) in [6, 6.07) is 7.82. The van der Waals surface area contributed by atoms with Crippen molar-refractivity contribution in [3.05, 3.63) is 29.8 Å². The van der Waals surface area contributed by atoms with E-state index in [1.165, 1.54) is 0 Å². The van der Waals surface area contributed by atoms with Gasteiger partial charge in [0.2, 0.25) is 5.91 Å². The number of carboxylic acid groups (broad SMARTS) is 1. The Labute approximate surface area is 130 Å². The number of carbonyl (C=O) groups is 2. The number of nitrogens with zero attached hydrogens (tertiary/aromatic N) is 1. The molecule has 0 spiro atoms. The van der Waals surface area contributed by atoms with Crippen molar-refractivity contribution in [3.8, 4) is 5.75 Å². The van der Waals surface area contributed by atoms with Crippen molar-refractivity contribution < 1.29 is 19.4 Å². The molecule has 1 heterocycles. The van der Waals surface area contributed by atoms with Crippen molar-refractivity contribution in [1.82, 2.24) is 4.90 Å². The second-order valence-corrected chi connectivity index (χ2v) is 5.99. The summed E-state index contributed by atoms with van der Waals surface area (Å²) >= 11 is 0. The third kappa shape index (κ3) is 4.00. The van der Waals surface area contributed by atoms with Crippen molar-refractivity contribution in [2.75, 3.05) is 20.2 Å². The maximum absolute atomic E-state index is 12.3. The number of benzene rings is 1. The summed E-state index contributed by atoms with van der Waals surface area (Å²) in [4.78, 5) is 24.9. The van der Waals surface area contributed by atoms with Crippen LogP contribution in [0.3, 0.4) is 0 Å². The van der Waals surface area contributed by atoms with E-state index in [1.54, 1.807) is 12.0 Å². The Kier molecular flexibility index (Phi) is 5.41. The summed E-state index contributed by atoms with van der Waals surface area (Å²) in [5.74, 6) is -0.140. The quantitative estimate of drug-likeness (QED) is 0.875. The number of likely N-dealkylation sites (tertiary alicyclic amines) is 1. The van der Waals surface area contributed by atoms with Gasteiger partial charge in [0.15, 0.2) is 0 Å². The van der Waals surface area contributed by atoms with Crippen LogP contribution < -0.4 is 4.74 Å². The van der Waals surface area contributed by atoms with Crippen LogP contribution in [-0.4, -0.2) is 42.1 Å². The van der Waals surface area contributed by atoms with Crippen molar-refractivity contribution in [1.29, 1.82) is 0 Å². The number of methoxy groups -OCH3 is 1. The molecule has 1 aliphatic rings. The van der Waals surface area contributed by atoms with Crippen molar-refractivity contribution >= 4 is 11.9 Å². The molecule has 1 fully saturated rings. The molecule has 0 bridgehead atoms. The SMILES string of the molecule is COc1ccccc1C[C@@H](C)CC(=O)N1CC[C@@H](C(=O)O)C1. The third-order valence-corrected chi connectivity index (χ3v) is 4.17. The molecule has 1 amide bonds. The Morgan fingerprint density at radius 2 is 2.14 bits per heavy atom. The number of rotatable bonds is 6. The largest absolute Gasteiger partial charge is 0.496 e. The number of hydrogen-bond donors (Lipinski definition) is 1. The molecule has 1 N–H and O–H groups in total. The lowest BCUT2D eigenvalue weighted by molar-refractivity contribution is -0.141. The van der Waals surface area contributed by atoms with Gasteiger partial charge in [-0.1, -0.05) is 25.1 Å². The molecule has 5 heteroatoms. The van der Waals surface area contributed by atoms with Crippen LogP contribution in [0.25, 0.3) is 0 Å². The Morgan fingerprint density at radius 3 is 2.77 bits per heavy atom. The van der Waals surface area contributed by atoms with Gasteiger partial charge in [0.25, 0.3) is 0 Å². The van der Waals surface area contributed by atoms with E-state index in [9.17, 15) is 9.59 Å². The maximum Gasteiger partial charge on any atom is 0.308 e. The van der Waals surface area contributed by atoms with E-state index < -0.39 is 11.9 Å². The van der Waals surface area contributed by atoms with Gasteiger partial charge in [-0.05, 0) is 30.4 Å². The van der Waals surface area contributed by atoms with Gasteiger partial charge in [-0.3, -0.25) is 9.59 Å². The fourth-order valence-corrected chi connectivity index (χ4v) is 2.93. The summed E-state index contributed by atoms with van der Waals surface area (Å²) in [6.45, 7) is 2.93. The van der Waals surface area contributed by atoms with Crippen molar-refractivity contribution in [2.45, 2.75) is 26.2 Å². The first-order valence-electron chi connectivity index (χ1n) is 7.63. The highest BCUT2D eigenvalue weighted by Crippen LogP contribution is 2.24. The van der Waals surface area contributed by atoms with Gasteiger partial charge in [0, 0.05) is 19.5 Å². The smallest absolute Gasteiger partial charge is 0.308 e. The number of carbonyl (C=O) groups excluding carboxylic acids is 1. The number of para-hydroxylation sites is 1. The molecule has 0 unspecified atom stereocenters. The highest BCUT2D eigenvalue weighted by molar-refractivity contribution is 5.79. The summed E-state index contributed by atoms with van der Waals surface area (Å²) in [6.07, 6.45) is 1.76. The van der Waals surface area contributed by atoms with Crippen LogP contribution in [0.1, 0.15) is 25.3 Å². The molecule has 2 rings (SSSR count). The number of hydrogen-bond acceptors (Lipinski definition) is 3. The zero-order valence-electron chi connectivity index (χ0n) is 13.1. The molecule has 0 radical (unpaired) electrons. The van der Waals surface area contributed by atoms with Crippen LogP contribution in [0.2, 0.25) is 0 Å². The maximum atomic E-state index is 12.3. The Balaban J connectivity index is 1.88. The summed E-state index contributed by atoms with van der Waals surface area (Å²) in [5, 5.41) is 9.00. The van der Waals surface area contributed by atoms with Crippen LogP contribution in [-0.2, 0) is 16.0 Å². The van der Waals surface area contributed by atoms with Crippen molar-refractivity contribution in [3.63, 3.8) is 0 Å². The molecule has 0 aromatic heterocycles. The monoisotopic (exact) mass is 305 g/mol. The van der Waals surface area contributed by atoms with Crippen LogP contribution in [0.4, 0.5) is 0 Å². The Morgan fingerprint density at radius 1 is 1.41 bits per heavy atom. The molecular formula is C17H23NO4. The van der Waals surface area contributed by atoms with Crippen LogP contribution in [0.15, 0.2) is 24.3 Å². The number of amides is 1. The Hall–Kier alpha value is -2.04. The van der Waals surface area contributed by atoms with E-state index >= 15 is 0 Å². The molecule has 5 nitrogen and oxygen atoms in total. The van der Waals surface area contributed by atoms with E-state index in [1.807, 2.05) is 31.2 Å². The lowest BCUT2D eigenvalue weighted by Gasteiger charge is -2.19. The van der Waals surface area contributed by atoms with E-state index in [0.29, 0.717) is 25.9 Å². The van der Waals surface area contributed by atoms with Gasteiger partial charge < -0.3 is 14.7 Å². The predicted octanol–water partition coefficient (Wildman–Crippen LogP) is 2.20. The van der Waals surface area contributed by atoms with Crippen LogP contribution in [0.5, 0.6) is 5.75 Å². The molecule has 1 aromatic carbocycles. The predicted molar refractivity (Wildman–Crippen MR) is 82.8 cm³/mol. The van der Waals surface area contributed by atoms with E-state index in [-0.39, 0.29) is 11.8 Å². The molecule has 0 saturated carbocycles. The number of aliphatic carboxylic acids is 1. The van der Waals surface area contributed by atoms with Crippen molar-refractivity contribution in [2.24, 2.45) is 11.8 Å².